The average molecular weight is 251 g/mol. The van der Waals surface area contributed by atoms with E-state index in [9.17, 15) is 9.59 Å². The first kappa shape index (κ1) is 12.6. The number of nitrogens with zero attached hydrogens (tertiary/aromatic N) is 2. The number of piperidine rings is 1. The van der Waals surface area contributed by atoms with Gasteiger partial charge in [-0.2, -0.15) is 0 Å². The number of hydrogen-bond donors (Lipinski definition) is 1. The molecule has 0 aliphatic carbocycles. The Labute approximate surface area is 105 Å². The molecule has 0 radical (unpaired) electrons. The van der Waals surface area contributed by atoms with E-state index < -0.39 is 0 Å². The number of nitrogens with one attached hydrogen (secondary N) is 1. The van der Waals surface area contributed by atoms with Crippen molar-refractivity contribution in [1.82, 2.24) is 9.97 Å². The van der Waals surface area contributed by atoms with Crippen LogP contribution in [0, 0.1) is 5.92 Å². The molecule has 1 saturated heterocycles. The number of anilines is 1. The molecule has 1 atom stereocenters. The molecule has 0 spiro atoms. The number of hydrogen-bond acceptors (Lipinski definition) is 5. The first-order valence-electron chi connectivity index (χ1n) is 6.17. The Morgan fingerprint density at radius 3 is 3.22 bits per heavy atom. The fraction of sp³-hybridized carbons (Fsp3) is 0.583. The Hall–Kier alpha value is -1.85. The zero-order valence-electron chi connectivity index (χ0n) is 10.4. The third-order valence-electron chi connectivity index (χ3n) is 3.03. The van der Waals surface area contributed by atoms with E-state index in [1.54, 1.807) is 13.1 Å². The van der Waals surface area contributed by atoms with Gasteiger partial charge in [-0.25, -0.2) is 4.98 Å². The number of carbonyl (C=O) groups excluding carboxylic acids is 1. The average Bonchev–Trinajstić information content (AvgIpc) is 2.40. The molecule has 1 fully saturated rings. The molecule has 98 valence electrons. The lowest BCUT2D eigenvalue weighted by Crippen LogP contribution is -2.42. The number of esters is 1. The third kappa shape index (κ3) is 2.69. The fourth-order valence-electron chi connectivity index (χ4n) is 2.19. The highest BCUT2D eigenvalue weighted by Crippen LogP contribution is 2.20. The largest absolute Gasteiger partial charge is 0.466 e. The number of aromatic amines is 1. The molecule has 1 aromatic heterocycles. The van der Waals surface area contributed by atoms with Crippen LogP contribution in [-0.2, 0) is 9.53 Å². The first-order chi connectivity index (χ1) is 8.72. The Balaban J connectivity index is 2.10. The molecule has 1 aliphatic heterocycles. The van der Waals surface area contributed by atoms with Crippen LogP contribution in [0.4, 0.5) is 5.82 Å². The van der Waals surface area contributed by atoms with Gasteiger partial charge in [-0.05, 0) is 19.8 Å². The van der Waals surface area contributed by atoms with Gasteiger partial charge in [-0.15, -0.1) is 0 Å². The molecule has 0 bridgehead atoms. The zero-order valence-corrected chi connectivity index (χ0v) is 10.4. The van der Waals surface area contributed by atoms with Crippen molar-refractivity contribution in [3.8, 4) is 0 Å². The number of ether oxygens (including phenoxy) is 1. The van der Waals surface area contributed by atoms with Crippen molar-refractivity contribution in [2.24, 2.45) is 5.92 Å². The minimum atomic E-state index is -0.220. The zero-order chi connectivity index (χ0) is 13.0. The maximum absolute atomic E-state index is 11.7. The lowest BCUT2D eigenvalue weighted by Gasteiger charge is -2.31. The number of rotatable bonds is 3. The SMILES string of the molecule is CCOC(=O)C1CCCN(c2ncc[nH]c2=O)C1. The Morgan fingerprint density at radius 2 is 2.50 bits per heavy atom. The van der Waals surface area contributed by atoms with Gasteiger partial charge in [0.2, 0.25) is 0 Å². The monoisotopic (exact) mass is 251 g/mol. The Kier molecular flexibility index (Phi) is 3.96. The summed E-state index contributed by atoms with van der Waals surface area (Å²) in [6.07, 6.45) is 4.71. The van der Waals surface area contributed by atoms with Gasteiger partial charge >= 0.3 is 5.97 Å². The van der Waals surface area contributed by atoms with E-state index in [-0.39, 0.29) is 17.4 Å². The summed E-state index contributed by atoms with van der Waals surface area (Å²) in [6, 6.07) is 0. The lowest BCUT2D eigenvalue weighted by atomic mass is 9.98. The summed E-state index contributed by atoms with van der Waals surface area (Å²) in [6.45, 7) is 3.43. The summed E-state index contributed by atoms with van der Waals surface area (Å²) in [4.78, 5) is 31.9. The first-order valence-corrected chi connectivity index (χ1v) is 6.17. The topological polar surface area (TPSA) is 75.3 Å². The number of H-pyrrole nitrogens is 1. The summed E-state index contributed by atoms with van der Waals surface area (Å²) in [5.74, 6) is 0.0289. The second kappa shape index (κ2) is 5.66. The van der Waals surface area contributed by atoms with Crippen molar-refractivity contribution in [2.75, 3.05) is 24.6 Å². The lowest BCUT2D eigenvalue weighted by molar-refractivity contribution is -0.148. The van der Waals surface area contributed by atoms with Crippen LogP contribution in [0.2, 0.25) is 0 Å². The molecule has 18 heavy (non-hydrogen) atoms. The Morgan fingerprint density at radius 1 is 1.67 bits per heavy atom. The van der Waals surface area contributed by atoms with Crippen molar-refractivity contribution in [3.05, 3.63) is 22.7 Å². The van der Waals surface area contributed by atoms with E-state index in [4.69, 9.17) is 4.74 Å². The molecule has 1 N–H and O–H groups in total. The van der Waals surface area contributed by atoms with Crippen LogP contribution in [0.5, 0.6) is 0 Å². The molecule has 6 nitrogen and oxygen atoms in total. The molecule has 6 heteroatoms. The second-order valence-electron chi connectivity index (χ2n) is 4.28. The highest BCUT2D eigenvalue weighted by Gasteiger charge is 2.28. The van der Waals surface area contributed by atoms with Crippen molar-refractivity contribution in [1.29, 1.82) is 0 Å². The van der Waals surface area contributed by atoms with E-state index >= 15 is 0 Å². The molecule has 1 aromatic rings. The van der Waals surface area contributed by atoms with Crippen LogP contribution < -0.4 is 10.5 Å². The van der Waals surface area contributed by atoms with Gasteiger partial charge < -0.3 is 14.6 Å². The molecule has 1 unspecified atom stereocenters. The number of aromatic nitrogens is 2. The molecule has 2 rings (SSSR count). The van der Waals surface area contributed by atoms with Crippen LogP contribution in [0.25, 0.3) is 0 Å². The van der Waals surface area contributed by atoms with E-state index in [1.165, 1.54) is 6.20 Å². The van der Waals surface area contributed by atoms with Crippen LogP contribution in [0.15, 0.2) is 17.2 Å². The fourth-order valence-corrected chi connectivity index (χ4v) is 2.19. The minimum absolute atomic E-state index is 0.167. The maximum atomic E-state index is 11.7. The molecular weight excluding hydrogens is 234 g/mol. The predicted molar refractivity (Wildman–Crippen MR) is 66.4 cm³/mol. The summed E-state index contributed by atoms with van der Waals surface area (Å²) in [5.41, 5.74) is -0.220. The normalized spacial score (nSPS) is 19.6. The van der Waals surface area contributed by atoms with Gasteiger partial charge in [0.25, 0.3) is 5.56 Å². The smallest absolute Gasteiger partial charge is 0.310 e. The van der Waals surface area contributed by atoms with Crippen molar-refractivity contribution in [2.45, 2.75) is 19.8 Å². The van der Waals surface area contributed by atoms with E-state index in [1.807, 2.05) is 4.90 Å². The molecule has 0 saturated carbocycles. The van der Waals surface area contributed by atoms with Gasteiger partial charge in [0.1, 0.15) is 0 Å². The van der Waals surface area contributed by atoms with Crippen LogP contribution in [-0.4, -0.2) is 35.6 Å². The number of carbonyl (C=O) groups is 1. The van der Waals surface area contributed by atoms with E-state index in [2.05, 4.69) is 9.97 Å². The van der Waals surface area contributed by atoms with Gasteiger partial charge in [0, 0.05) is 25.5 Å². The van der Waals surface area contributed by atoms with Gasteiger partial charge in [-0.3, -0.25) is 9.59 Å². The highest BCUT2D eigenvalue weighted by atomic mass is 16.5. The molecule has 0 aromatic carbocycles. The third-order valence-corrected chi connectivity index (χ3v) is 3.03. The van der Waals surface area contributed by atoms with Crippen LogP contribution in [0.3, 0.4) is 0 Å². The second-order valence-corrected chi connectivity index (χ2v) is 4.28. The highest BCUT2D eigenvalue weighted by molar-refractivity contribution is 5.73. The quantitative estimate of drug-likeness (QED) is 0.794. The molecular formula is C12H17N3O3. The van der Waals surface area contributed by atoms with Gasteiger partial charge in [-0.1, -0.05) is 0 Å². The van der Waals surface area contributed by atoms with Crippen molar-refractivity contribution < 1.29 is 9.53 Å². The Bertz CT molecular complexity index is 472. The molecule has 0 amide bonds. The summed E-state index contributed by atoms with van der Waals surface area (Å²) >= 11 is 0. The summed E-state index contributed by atoms with van der Waals surface area (Å²) in [5, 5.41) is 0. The maximum Gasteiger partial charge on any atom is 0.310 e. The summed E-state index contributed by atoms with van der Waals surface area (Å²) < 4.78 is 5.02. The molecule has 2 heterocycles. The van der Waals surface area contributed by atoms with E-state index in [0.717, 1.165) is 19.4 Å². The summed E-state index contributed by atoms with van der Waals surface area (Å²) in [7, 11) is 0. The predicted octanol–water partition coefficient (Wildman–Crippen LogP) is 0.549. The minimum Gasteiger partial charge on any atom is -0.466 e. The van der Waals surface area contributed by atoms with Crippen molar-refractivity contribution in [3.63, 3.8) is 0 Å². The molecule has 1 aliphatic rings. The van der Waals surface area contributed by atoms with Crippen molar-refractivity contribution >= 4 is 11.8 Å². The van der Waals surface area contributed by atoms with Crippen LogP contribution in [0.1, 0.15) is 19.8 Å². The van der Waals surface area contributed by atoms with E-state index in [0.29, 0.717) is 19.0 Å². The van der Waals surface area contributed by atoms with Gasteiger partial charge in [0.05, 0.1) is 12.5 Å². The standard InChI is InChI=1S/C12H17N3O3/c1-2-18-12(17)9-4-3-7-15(8-9)10-11(16)14-6-5-13-10/h5-6,9H,2-4,7-8H2,1H3,(H,14,16). The van der Waals surface area contributed by atoms with Crippen LogP contribution >= 0.6 is 0 Å². The van der Waals surface area contributed by atoms with Gasteiger partial charge in [0.15, 0.2) is 5.82 Å².